The second kappa shape index (κ2) is 13.3. The molecule has 0 aliphatic carbocycles. The average Bonchev–Trinajstić information content (AvgIpc) is 3.16. The van der Waals surface area contributed by atoms with Gasteiger partial charge in [0.05, 0.1) is 16.4 Å². The van der Waals surface area contributed by atoms with Crippen LogP contribution in [0.1, 0.15) is 51.6 Å². The van der Waals surface area contributed by atoms with Crippen LogP contribution in [-0.4, -0.2) is 78.0 Å². The Kier molecular flexibility index (Phi) is 9.86. The van der Waals surface area contributed by atoms with Crippen molar-refractivity contribution in [1.29, 1.82) is 0 Å². The number of H-pyrrole nitrogens is 1. The number of carbonyl (C=O) groups excluding carboxylic acids is 1. The largest absolute Gasteiger partial charge is 0.368 e. The van der Waals surface area contributed by atoms with Gasteiger partial charge >= 0.3 is 0 Å². The number of carbonyl (C=O) groups is 1. The summed E-state index contributed by atoms with van der Waals surface area (Å²) in [7, 11) is 0. The van der Waals surface area contributed by atoms with E-state index in [-0.39, 0.29) is 17.4 Å². The van der Waals surface area contributed by atoms with Gasteiger partial charge in [-0.25, -0.2) is 4.98 Å². The average molecular weight is 529 g/mol. The van der Waals surface area contributed by atoms with E-state index in [4.69, 9.17) is 16.6 Å². The van der Waals surface area contributed by atoms with E-state index in [0.29, 0.717) is 25.6 Å². The van der Waals surface area contributed by atoms with Crippen LogP contribution in [0.15, 0.2) is 35.1 Å². The van der Waals surface area contributed by atoms with Gasteiger partial charge in [0.15, 0.2) is 0 Å². The first kappa shape index (κ1) is 27.5. The Morgan fingerprint density at radius 1 is 1.03 bits per heavy atom. The topological polar surface area (TPSA) is 75.8 Å². The van der Waals surface area contributed by atoms with Crippen LogP contribution in [0.5, 0.6) is 0 Å². The molecule has 1 atom stereocenters. The molecule has 2 aromatic rings. The molecule has 2 fully saturated rings. The third-order valence-corrected chi connectivity index (χ3v) is 7.91. The van der Waals surface area contributed by atoms with Crippen LogP contribution >= 0.6 is 11.6 Å². The smallest absolute Gasteiger partial charge is 0.252 e. The number of nitrogens with zero attached hydrogens (tertiary/aromatic N) is 5. The van der Waals surface area contributed by atoms with Gasteiger partial charge in [0.25, 0.3) is 5.56 Å². The van der Waals surface area contributed by atoms with Gasteiger partial charge in [-0.15, -0.1) is 0 Å². The number of unbranched alkanes of at least 4 members (excludes halogenated alkanes) is 1. The molecule has 9 heteroatoms. The van der Waals surface area contributed by atoms with Gasteiger partial charge in [-0.05, 0) is 31.4 Å². The predicted molar refractivity (Wildman–Crippen MR) is 151 cm³/mol. The molecule has 0 spiro atoms. The van der Waals surface area contributed by atoms with Crippen molar-refractivity contribution in [3.8, 4) is 0 Å². The second-order valence-electron chi connectivity index (χ2n) is 10.2. The lowest BCUT2D eigenvalue weighted by Gasteiger charge is -2.36. The number of benzene rings is 1. The van der Waals surface area contributed by atoms with E-state index >= 15 is 0 Å². The zero-order valence-corrected chi connectivity index (χ0v) is 23.1. The van der Waals surface area contributed by atoms with Gasteiger partial charge in [0.2, 0.25) is 11.9 Å². The molecular weight excluding hydrogens is 488 g/mol. The minimum atomic E-state index is -0.127. The van der Waals surface area contributed by atoms with Crippen molar-refractivity contribution in [3.05, 3.63) is 51.4 Å². The zero-order chi connectivity index (χ0) is 26.2. The van der Waals surface area contributed by atoms with Crippen LogP contribution in [0.3, 0.4) is 0 Å². The molecule has 4 rings (SSSR count). The fraction of sp³-hybridized carbons (Fsp3) is 0.607. The lowest BCUT2D eigenvalue weighted by Crippen LogP contribution is -2.46. The quantitative estimate of drug-likeness (QED) is 0.530. The molecule has 1 N–H and O–H groups in total. The third-order valence-electron chi connectivity index (χ3n) is 7.59. The Hall–Kier alpha value is -2.58. The number of hydrogen-bond donors (Lipinski definition) is 1. The van der Waals surface area contributed by atoms with Crippen molar-refractivity contribution in [3.63, 3.8) is 0 Å². The highest BCUT2D eigenvalue weighted by atomic mass is 35.5. The lowest BCUT2D eigenvalue weighted by molar-refractivity contribution is -0.135. The molecule has 37 heavy (non-hydrogen) atoms. The first-order valence-electron chi connectivity index (χ1n) is 13.8. The fourth-order valence-corrected chi connectivity index (χ4v) is 5.62. The molecular formula is C28H41ClN6O2. The maximum Gasteiger partial charge on any atom is 0.252 e. The summed E-state index contributed by atoms with van der Waals surface area (Å²) in [5.74, 6) is 1.01. The van der Waals surface area contributed by atoms with Crippen molar-refractivity contribution in [2.75, 3.05) is 62.2 Å². The van der Waals surface area contributed by atoms with Gasteiger partial charge in [0.1, 0.15) is 0 Å². The van der Waals surface area contributed by atoms with E-state index in [0.717, 1.165) is 87.8 Å². The monoisotopic (exact) mass is 528 g/mol. The Morgan fingerprint density at radius 2 is 1.78 bits per heavy atom. The SMILES string of the molecule is CCCC[C@H](CC)C(=O)N1CCCN(c2nc(CN3CCN(c4ccccc4Cl)CC3)cc(=O)[nH]2)CC1. The highest BCUT2D eigenvalue weighted by molar-refractivity contribution is 6.33. The Bertz CT molecular complexity index is 1080. The summed E-state index contributed by atoms with van der Waals surface area (Å²) >= 11 is 6.38. The number of nitrogens with one attached hydrogen (secondary N) is 1. The molecule has 0 bridgehead atoms. The maximum absolute atomic E-state index is 13.1. The van der Waals surface area contributed by atoms with Crippen molar-refractivity contribution >= 4 is 29.1 Å². The van der Waals surface area contributed by atoms with E-state index in [1.165, 1.54) is 0 Å². The molecule has 0 saturated carbocycles. The van der Waals surface area contributed by atoms with Crippen LogP contribution in [0.4, 0.5) is 11.6 Å². The van der Waals surface area contributed by atoms with Crippen LogP contribution in [-0.2, 0) is 11.3 Å². The Balaban J connectivity index is 1.35. The van der Waals surface area contributed by atoms with E-state index in [1.54, 1.807) is 6.07 Å². The van der Waals surface area contributed by atoms with Gasteiger partial charge < -0.3 is 14.7 Å². The van der Waals surface area contributed by atoms with Gasteiger partial charge in [-0.2, -0.15) is 0 Å². The highest BCUT2D eigenvalue weighted by Gasteiger charge is 2.26. The van der Waals surface area contributed by atoms with Gasteiger partial charge in [-0.1, -0.05) is 50.4 Å². The normalized spacial score (nSPS) is 18.1. The number of amides is 1. The molecule has 2 aliphatic heterocycles. The molecule has 1 aromatic carbocycles. The molecule has 1 amide bonds. The zero-order valence-electron chi connectivity index (χ0n) is 22.3. The number of hydrogen-bond acceptors (Lipinski definition) is 6. The number of aromatic nitrogens is 2. The number of aromatic amines is 1. The summed E-state index contributed by atoms with van der Waals surface area (Å²) in [6, 6.07) is 9.57. The standard InChI is InChI=1S/C28H41ClN6O2/c1-3-5-9-22(4-2)27(37)34-12-8-13-35(19-18-34)28-30-23(20-26(36)31-28)21-32-14-16-33(17-15-32)25-11-7-6-10-24(25)29/h6-7,10-11,20,22H,3-5,8-9,12-19,21H2,1-2H3,(H,30,31,36)/t22-/m0/s1. The first-order valence-corrected chi connectivity index (χ1v) is 14.2. The van der Waals surface area contributed by atoms with Crippen molar-refractivity contribution in [2.24, 2.45) is 5.92 Å². The van der Waals surface area contributed by atoms with Gasteiger partial charge in [0, 0.05) is 70.9 Å². The van der Waals surface area contributed by atoms with Crippen LogP contribution in [0.2, 0.25) is 5.02 Å². The Morgan fingerprint density at radius 3 is 2.51 bits per heavy atom. The molecule has 3 heterocycles. The molecule has 202 valence electrons. The lowest BCUT2D eigenvalue weighted by atomic mass is 9.97. The van der Waals surface area contributed by atoms with Crippen LogP contribution in [0, 0.1) is 5.92 Å². The number of anilines is 2. The predicted octanol–water partition coefficient (Wildman–Crippen LogP) is 4.00. The number of piperazine rings is 1. The fourth-order valence-electron chi connectivity index (χ4n) is 5.37. The highest BCUT2D eigenvalue weighted by Crippen LogP contribution is 2.26. The summed E-state index contributed by atoms with van der Waals surface area (Å²) in [5, 5.41) is 0.778. The molecule has 2 saturated heterocycles. The van der Waals surface area contributed by atoms with E-state index in [2.05, 4.69) is 39.6 Å². The molecule has 0 radical (unpaired) electrons. The van der Waals surface area contributed by atoms with E-state index in [1.807, 2.05) is 23.1 Å². The number of rotatable bonds is 9. The Labute approximate surface area is 225 Å². The van der Waals surface area contributed by atoms with Crippen molar-refractivity contribution in [1.82, 2.24) is 19.8 Å². The summed E-state index contributed by atoms with van der Waals surface area (Å²) in [5.41, 5.74) is 1.73. The van der Waals surface area contributed by atoms with Gasteiger partial charge in [-0.3, -0.25) is 19.5 Å². The van der Waals surface area contributed by atoms with E-state index < -0.39 is 0 Å². The summed E-state index contributed by atoms with van der Waals surface area (Å²) in [6.07, 6.45) is 4.94. The summed E-state index contributed by atoms with van der Waals surface area (Å²) < 4.78 is 0. The summed E-state index contributed by atoms with van der Waals surface area (Å²) in [6.45, 7) is 11.3. The molecule has 0 unspecified atom stereocenters. The molecule has 8 nitrogen and oxygen atoms in total. The third kappa shape index (κ3) is 7.26. The molecule has 1 aromatic heterocycles. The first-order chi connectivity index (χ1) is 18.0. The van der Waals surface area contributed by atoms with E-state index in [9.17, 15) is 9.59 Å². The minimum Gasteiger partial charge on any atom is -0.368 e. The van der Waals surface area contributed by atoms with Crippen molar-refractivity contribution < 1.29 is 4.79 Å². The maximum atomic E-state index is 13.1. The summed E-state index contributed by atoms with van der Waals surface area (Å²) in [4.78, 5) is 42.2. The number of para-hydroxylation sites is 1. The van der Waals surface area contributed by atoms with Crippen LogP contribution < -0.4 is 15.4 Å². The number of halogens is 1. The molecule has 2 aliphatic rings. The second-order valence-corrected chi connectivity index (χ2v) is 10.6. The van der Waals surface area contributed by atoms with Crippen molar-refractivity contribution in [2.45, 2.75) is 52.5 Å². The van der Waals surface area contributed by atoms with Crippen LogP contribution in [0.25, 0.3) is 0 Å². The minimum absolute atomic E-state index is 0.117.